The van der Waals surface area contributed by atoms with Crippen molar-refractivity contribution >= 4 is 40.2 Å². The van der Waals surface area contributed by atoms with Gasteiger partial charge in [0.05, 0.1) is 24.1 Å². The minimum Gasteiger partial charge on any atom is -0.504 e. The van der Waals surface area contributed by atoms with E-state index in [0.29, 0.717) is 58.0 Å². The van der Waals surface area contributed by atoms with Crippen molar-refractivity contribution in [2.45, 2.75) is 32.6 Å². The number of benzene rings is 3. The summed E-state index contributed by atoms with van der Waals surface area (Å²) in [5.74, 6) is -2.80. The summed E-state index contributed by atoms with van der Waals surface area (Å²) in [5, 5.41) is 10.4. The number of aromatic nitrogens is 1. The molecule has 0 bridgehead atoms. The number of imide groups is 1. The summed E-state index contributed by atoms with van der Waals surface area (Å²) < 4.78 is 11.6. The molecule has 1 aliphatic heterocycles. The zero-order valence-corrected chi connectivity index (χ0v) is 25.7. The molecule has 2 heterocycles. The number of carbonyl (C=O) groups excluding carboxylic acids is 4. The molecule has 0 spiro atoms. The SMILES string of the molecule is CCOc1cc(C2C3=CCC4C(=O)N(c5ccc(-c6nc7ccccc7o6)cc5)C(=O)C4C3CC3=C2C(=O)C(C)=CC3=O)ccc1O. The average molecular weight is 627 g/mol. The number of carbonyl (C=O) groups is 4. The molecule has 1 N–H and O–H groups in total. The van der Waals surface area contributed by atoms with E-state index >= 15 is 0 Å². The van der Waals surface area contributed by atoms with Gasteiger partial charge in [0.25, 0.3) is 0 Å². The van der Waals surface area contributed by atoms with E-state index in [4.69, 9.17) is 9.15 Å². The Morgan fingerprint density at radius 2 is 1.77 bits per heavy atom. The number of rotatable bonds is 5. The van der Waals surface area contributed by atoms with Gasteiger partial charge in [0.2, 0.25) is 17.7 Å². The van der Waals surface area contributed by atoms with Crippen molar-refractivity contribution < 1.29 is 33.4 Å². The third-order valence-electron chi connectivity index (χ3n) is 9.85. The highest BCUT2D eigenvalue weighted by molar-refractivity contribution is 6.25. The van der Waals surface area contributed by atoms with Crippen LogP contribution in [0.2, 0.25) is 0 Å². The van der Waals surface area contributed by atoms with Gasteiger partial charge in [0, 0.05) is 28.2 Å². The zero-order valence-electron chi connectivity index (χ0n) is 25.7. The van der Waals surface area contributed by atoms with Crippen LogP contribution in [-0.2, 0) is 19.2 Å². The second kappa shape index (κ2) is 10.8. The third-order valence-corrected chi connectivity index (χ3v) is 9.85. The molecule has 1 saturated heterocycles. The molecule has 1 aromatic heterocycles. The van der Waals surface area contributed by atoms with Crippen LogP contribution in [0.25, 0.3) is 22.6 Å². The second-order valence-electron chi connectivity index (χ2n) is 12.4. The molecule has 4 atom stereocenters. The number of anilines is 1. The lowest BCUT2D eigenvalue weighted by molar-refractivity contribution is -0.123. The fraction of sp³-hybridized carbons (Fsp3) is 0.237. The topological polar surface area (TPSA) is 127 Å². The largest absolute Gasteiger partial charge is 0.504 e. The Labute approximate surface area is 269 Å². The minimum atomic E-state index is -0.700. The number of para-hydroxylation sites is 2. The summed E-state index contributed by atoms with van der Waals surface area (Å²) in [7, 11) is 0. The van der Waals surface area contributed by atoms with Crippen molar-refractivity contribution in [2.24, 2.45) is 17.8 Å². The van der Waals surface area contributed by atoms with Crippen LogP contribution in [0, 0.1) is 17.8 Å². The number of aromatic hydroxyl groups is 1. The molecule has 3 aliphatic carbocycles. The van der Waals surface area contributed by atoms with Gasteiger partial charge >= 0.3 is 0 Å². The van der Waals surface area contributed by atoms with Crippen LogP contribution in [0.4, 0.5) is 5.69 Å². The normalized spacial score (nSPS) is 23.8. The predicted octanol–water partition coefficient (Wildman–Crippen LogP) is 6.23. The van der Waals surface area contributed by atoms with Gasteiger partial charge in [-0.25, -0.2) is 4.98 Å². The molecule has 234 valence electrons. The Morgan fingerprint density at radius 1 is 0.979 bits per heavy atom. The lowest BCUT2D eigenvalue weighted by Gasteiger charge is -2.42. The first-order chi connectivity index (χ1) is 22.7. The lowest BCUT2D eigenvalue weighted by atomic mass is 9.59. The van der Waals surface area contributed by atoms with Crippen LogP contribution >= 0.6 is 0 Å². The van der Waals surface area contributed by atoms with Gasteiger partial charge in [-0.1, -0.05) is 29.8 Å². The Kier molecular flexibility index (Phi) is 6.61. The van der Waals surface area contributed by atoms with E-state index in [1.165, 1.54) is 17.0 Å². The number of nitrogens with zero attached hydrogens (tertiary/aromatic N) is 2. The number of hydrogen-bond donors (Lipinski definition) is 1. The fourth-order valence-electron chi connectivity index (χ4n) is 7.73. The number of oxazole rings is 1. The molecule has 9 nitrogen and oxygen atoms in total. The quantitative estimate of drug-likeness (QED) is 0.157. The number of phenolic OH excluding ortho intramolecular Hbond substituents is 1. The van der Waals surface area contributed by atoms with Crippen LogP contribution in [0.15, 0.2) is 106 Å². The Balaban J connectivity index is 1.16. The molecule has 0 radical (unpaired) electrons. The second-order valence-corrected chi connectivity index (χ2v) is 12.4. The molecule has 8 rings (SSSR count). The first kappa shape index (κ1) is 28.9. The number of allylic oxidation sites excluding steroid dienone is 6. The maximum absolute atomic E-state index is 14.3. The maximum atomic E-state index is 14.3. The highest BCUT2D eigenvalue weighted by Crippen LogP contribution is 2.56. The van der Waals surface area contributed by atoms with Gasteiger partial charge < -0.3 is 14.3 Å². The highest BCUT2D eigenvalue weighted by atomic mass is 16.5. The number of hydrogen-bond acceptors (Lipinski definition) is 8. The van der Waals surface area contributed by atoms with E-state index in [0.717, 1.165) is 11.1 Å². The van der Waals surface area contributed by atoms with E-state index in [1.807, 2.05) is 37.3 Å². The molecule has 1 fully saturated rings. The van der Waals surface area contributed by atoms with Crippen LogP contribution in [0.3, 0.4) is 0 Å². The first-order valence-corrected chi connectivity index (χ1v) is 15.7. The van der Waals surface area contributed by atoms with E-state index in [2.05, 4.69) is 4.98 Å². The van der Waals surface area contributed by atoms with Crippen molar-refractivity contribution in [3.05, 3.63) is 107 Å². The van der Waals surface area contributed by atoms with Crippen molar-refractivity contribution in [3.8, 4) is 23.0 Å². The third kappa shape index (κ3) is 4.40. The molecule has 2 amide bonds. The highest BCUT2D eigenvalue weighted by Gasteiger charge is 2.56. The summed E-state index contributed by atoms with van der Waals surface area (Å²) in [6, 6.07) is 19.4. The van der Waals surface area contributed by atoms with Gasteiger partial charge in [-0.2, -0.15) is 0 Å². The van der Waals surface area contributed by atoms with Crippen molar-refractivity contribution in [2.75, 3.05) is 11.5 Å². The van der Waals surface area contributed by atoms with E-state index in [-0.39, 0.29) is 41.3 Å². The molecule has 3 aromatic carbocycles. The smallest absolute Gasteiger partial charge is 0.238 e. The molecule has 9 heteroatoms. The number of ether oxygens (including phenoxy) is 1. The Morgan fingerprint density at radius 3 is 2.53 bits per heavy atom. The average Bonchev–Trinajstić information content (AvgIpc) is 3.62. The summed E-state index contributed by atoms with van der Waals surface area (Å²) in [4.78, 5) is 61.1. The molecule has 47 heavy (non-hydrogen) atoms. The van der Waals surface area contributed by atoms with Crippen molar-refractivity contribution in [3.63, 3.8) is 0 Å². The van der Waals surface area contributed by atoms with E-state index in [9.17, 15) is 24.3 Å². The monoisotopic (exact) mass is 626 g/mol. The molecule has 4 unspecified atom stereocenters. The summed E-state index contributed by atoms with van der Waals surface area (Å²) in [6.45, 7) is 3.77. The van der Waals surface area contributed by atoms with Gasteiger partial charge in [0.15, 0.2) is 28.6 Å². The maximum Gasteiger partial charge on any atom is 0.238 e. The van der Waals surface area contributed by atoms with Crippen molar-refractivity contribution in [1.29, 1.82) is 0 Å². The van der Waals surface area contributed by atoms with Crippen LogP contribution < -0.4 is 9.64 Å². The Hall–Kier alpha value is -5.57. The standard InChI is InChI=1S/C38H30N2O7/c1-3-46-31-17-21(10-15-28(31)41)32-23-13-14-24-33(25(23)18-26-29(42)16-19(2)35(43)34(26)32)38(45)40(37(24)44)22-11-8-20(9-12-22)36-39-27-6-4-5-7-30(27)47-36/h4-13,15-17,24-25,32-33,41H,3,14,18H2,1-2H3. The number of fused-ring (bicyclic) bond motifs is 4. The van der Waals surface area contributed by atoms with Crippen molar-refractivity contribution in [1.82, 2.24) is 4.98 Å². The lowest BCUT2D eigenvalue weighted by Crippen LogP contribution is -2.39. The molecule has 4 aromatic rings. The van der Waals surface area contributed by atoms with Crippen LogP contribution in [0.5, 0.6) is 11.5 Å². The summed E-state index contributed by atoms with van der Waals surface area (Å²) in [5.41, 5.74) is 5.20. The molecule has 4 aliphatic rings. The summed E-state index contributed by atoms with van der Waals surface area (Å²) >= 11 is 0. The number of ketones is 2. The number of amides is 2. The molecular weight excluding hydrogens is 596 g/mol. The van der Waals surface area contributed by atoms with Gasteiger partial charge in [-0.15, -0.1) is 0 Å². The van der Waals surface area contributed by atoms with E-state index < -0.39 is 23.7 Å². The fourth-order valence-corrected chi connectivity index (χ4v) is 7.73. The Bertz CT molecular complexity index is 2100. The molecule has 0 saturated carbocycles. The minimum absolute atomic E-state index is 0.0358. The van der Waals surface area contributed by atoms with Crippen LogP contribution in [-0.4, -0.2) is 40.1 Å². The zero-order chi connectivity index (χ0) is 32.6. The van der Waals surface area contributed by atoms with Crippen LogP contribution in [0.1, 0.15) is 38.2 Å². The number of phenols is 1. The number of Topliss-reactive ketones (excluding diaryl/α,β-unsaturated/α-hetero) is 1. The predicted molar refractivity (Wildman–Crippen MR) is 173 cm³/mol. The van der Waals surface area contributed by atoms with E-state index in [1.54, 1.807) is 43.3 Å². The van der Waals surface area contributed by atoms with Gasteiger partial charge in [-0.05, 0) is 92.8 Å². The van der Waals surface area contributed by atoms with Gasteiger partial charge in [0.1, 0.15) is 5.52 Å². The molecular formula is C38H30N2O7. The van der Waals surface area contributed by atoms with Gasteiger partial charge in [-0.3, -0.25) is 24.1 Å². The first-order valence-electron chi connectivity index (χ1n) is 15.7. The summed E-state index contributed by atoms with van der Waals surface area (Å²) in [6.07, 6.45) is 3.85.